The van der Waals surface area contributed by atoms with Gasteiger partial charge in [-0.1, -0.05) is 0 Å². The summed E-state index contributed by atoms with van der Waals surface area (Å²) < 4.78 is 0. The molecule has 1 atom stereocenters. The number of carbonyl (C=O) groups is 1. The smallest absolute Gasteiger partial charge is 0.270 e. The third-order valence-corrected chi connectivity index (χ3v) is 3.34. The quantitative estimate of drug-likeness (QED) is 0.859. The highest BCUT2D eigenvalue weighted by Gasteiger charge is 2.19. The molecule has 19 heavy (non-hydrogen) atoms. The fraction of sp³-hybridized carbons (Fsp3) is 0.571. The van der Waals surface area contributed by atoms with Gasteiger partial charge < -0.3 is 15.5 Å². The number of hydrogen-bond acceptors (Lipinski definition) is 4. The average Bonchev–Trinajstić information content (AvgIpc) is 2.40. The van der Waals surface area contributed by atoms with Crippen LogP contribution in [0.5, 0.6) is 0 Å². The molecule has 0 spiro atoms. The van der Waals surface area contributed by atoms with Crippen molar-refractivity contribution in [2.24, 2.45) is 0 Å². The van der Waals surface area contributed by atoms with Crippen LogP contribution in [-0.2, 0) is 0 Å². The van der Waals surface area contributed by atoms with Gasteiger partial charge in [0.05, 0.1) is 11.9 Å². The number of likely N-dealkylation sites (tertiary alicyclic amines) is 1. The standard InChI is InChI=1S/C14H22N4O/c1-3-15-11-6-7-13(16-9-11)14(19)17-12-5-4-8-18(2)10-12/h6-7,9,12,15H,3-5,8,10H2,1-2H3,(H,17,19). The van der Waals surface area contributed by atoms with Crippen LogP contribution in [-0.4, -0.2) is 48.5 Å². The lowest BCUT2D eigenvalue weighted by Crippen LogP contribution is -2.46. The van der Waals surface area contributed by atoms with Gasteiger partial charge in [0.25, 0.3) is 5.91 Å². The highest BCUT2D eigenvalue weighted by molar-refractivity contribution is 5.92. The Kier molecular flexibility index (Phi) is 4.74. The van der Waals surface area contributed by atoms with E-state index in [0.29, 0.717) is 5.69 Å². The number of amides is 1. The molecule has 2 N–H and O–H groups in total. The average molecular weight is 262 g/mol. The summed E-state index contributed by atoms with van der Waals surface area (Å²) in [5, 5.41) is 6.21. The zero-order valence-electron chi connectivity index (χ0n) is 11.6. The number of hydrogen-bond donors (Lipinski definition) is 2. The second-order valence-corrected chi connectivity index (χ2v) is 5.04. The zero-order chi connectivity index (χ0) is 13.7. The van der Waals surface area contributed by atoms with Crippen LogP contribution in [0.25, 0.3) is 0 Å². The van der Waals surface area contributed by atoms with Crippen LogP contribution in [0.15, 0.2) is 18.3 Å². The normalized spacial score (nSPS) is 20.0. The fourth-order valence-corrected chi connectivity index (χ4v) is 2.38. The molecule has 1 amide bonds. The van der Waals surface area contributed by atoms with E-state index in [1.54, 1.807) is 12.3 Å². The van der Waals surface area contributed by atoms with Crippen molar-refractivity contribution >= 4 is 11.6 Å². The molecule has 5 nitrogen and oxygen atoms in total. The Balaban J connectivity index is 1.91. The van der Waals surface area contributed by atoms with Crippen LogP contribution in [0.1, 0.15) is 30.3 Å². The number of piperidine rings is 1. The van der Waals surface area contributed by atoms with Crippen molar-refractivity contribution in [3.05, 3.63) is 24.0 Å². The number of nitrogens with one attached hydrogen (secondary N) is 2. The first-order chi connectivity index (χ1) is 9.19. The summed E-state index contributed by atoms with van der Waals surface area (Å²) in [5.74, 6) is -0.0802. The lowest BCUT2D eigenvalue weighted by molar-refractivity contribution is 0.0907. The number of anilines is 1. The van der Waals surface area contributed by atoms with Crippen molar-refractivity contribution in [3.8, 4) is 0 Å². The number of aromatic nitrogens is 1. The molecular formula is C14H22N4O. The van der Waals surface area contributed by atoms with Crippen LogP contribution < -0.4 is 10.6 Å². The number of nitrogens with zero attached hydrogens (tertiary/aromatic N) is 2. The van der Waals surface area contributed by atoms with Gasteiger partial charge in [0, 0.05) is 19.1 Å². The molecule has 1 aromatic heterocycles. The van der Waals surface area contributed by atoms with Crippen LogP contribution in [0, 0.1) is 0 Å². The van der Waals surface area contributed by atoms with Crippen molar-refractivity contribution in [2.75, 3.05) is 32.0 Å². The molecule has 0 bridgehead atoms. The van der Waals surface area contributed by atoms with E-state index in [2.05, 4.69) is 27.6 Å². The van der Waals surface area contributed by atoms with E-state index >= 15 is 0 Å². The highest BCUT2D eigenvalue weighted by Crippen LogP contribution is 2.10. The van der Waals surface area contributed by atoms with E-state index < -0.39 is 0 Å². The molecule has 5 heteroatoms. The topological polar surface area (TPSA) is 57.3 Å². The van der Waals surface area contributed by atoms with Crippen LogP contribution >= 0.6 is 0 Å². The molecule has 1 fully saturated rings. The van der Waals surface area contributed by atoms with Crippen molar-refractivity contribution in [2.45, 2.75) is 25.8 Å². The summed E-state index contributed by atoms with van der Waals surface area (Å²) in [6, 6.07) is 3.89. The molecule has 1 aliphatic heterocycles. The minimum absolute atomic E-state index is 0.0802. The van der Waals surface area contributed by atoms with Crippen LogP contribution in [0.3, 0.4) is 0 Å². The van der Waals surface area contributed by atoms with Gasteiger partial charge >= 0.3 is 0 Å². The maximum atomic E-state index is 12.1. The lowest BCUT2D eigenvalue weighted by Gasteiger charge is -2.30. The Morgan fingerprint density at radius 1 is 1.53 bits per heavy atom. The van der Waals surface area contributed by atoms with Crippen LogP contribution in [0.2, 0.25) is 0 Å². The van der Waals surface area contributed by atoms with Crippen molar-refractivity contribution in [3.63, 3.8) is 0 Å². The number of pyridine rings is 1. The first kappa shape index (κ1) is 13.8. The molecule has 0 saturated carbocycles. The molecule has 1 unspecified atom stereocenters. The van der Waals surface area contributed by atoms with Crippen molar-refractivity contribution in [1.29, 1.82) is 0 Å². The largest absolute Gasteiger partial charge is 0.384 e. The Labute approximate surface area is 114 Å². The minimum Gasteiger partial charge on any atom is -0.384 e. The first-order valence-corrected chi connectivity index (χ1v) is 6.88. The SMILES string of the molecule is CCNc1ccc(C(=O)NC2CCCN(C)C2)nc1. The predicted octanol–water partition coefficient (Wildman–Crippen LogP) is 1.34. The highest BCUT2D eigenvalue weighted by atomic mass is 16.1. The summed E-state index contributed by atoms with van der Waals surface area (Å²) >= 11 is 0. The van der Waals surface area contributed by atoms with Gasteiger partial charge in [-0.05, 0) is 45.5 Å². The molecular weight excluding hydrogens is 240 g/mol. The molecule has 2 heterocycles. The molecule has 1 aliphatic rings. The van der Waals surface area contributed by atoms with Gasteiger partial charge in [-0.3, -0.25) is 4.79 Å². The van der Waals surface area contributed by atoms with E-state index in [1.165, 1.54) is 0 Å². The number of likely N-dealkylation sites (N-methyl/N-ethyl adjacent to an activating group) is 1. The molecule has 2 rings (SSSR count). The van der Waals surface area contributed by atoms with Gasteiger partial charge in [-0.15, -0.1) is 0 Å². The Morgan fingerprint density at radius 3 is 3.00 bits per heavy atom. The molecule has 104 valence electrons. The van der Waals surface area contributed by atoms with Gasteiger partial charge in [-0.2, -0.15) is 0 Å². The van der Waals surface area contributed by atoms with E-state index in [1.807, 2.05) is 13.0 Å². The third-order valence-electron chi connectivity index (χ3n) is 3.34. The second-order valence-electron chi connectivity index (χ2n) is 5.04. The lowest BCUT2D eigenvalue weighted by atomic mass is 10.1. The van der Waals surface area contributed by atoms with E-state index in [0.717, 1.165) is 38.2 Å². The van der Waals surface area contributed by atoms with Gasteiger partial charge in [0.15, 0.2) is 0 Å². The summed E-state index contributed by atoms with van der Waals surface area (Å²) in [5.41, 5.74) is 1.42. The predicted molar refractivity (Wildman–Crippen MR) is 76.4 cm³/mol. The summed E-state index contributed by atoms with van der Waals surface area (Å²) in [6.07, 6.45) is 3.88. The molecule has 0 radical (unpaired) electrons. The minimum atomic E-state index is -0.0802. The second kappa shape index (κ2) is 6.52. The van der Waals surface area contributed by atoms with E-state index in [9.17, 15) is 4.79 Å². The third kappa shape index (κ3) is 3.92. The van der Waals surface area contributed by atoms with Gasteiger partial charge in [0.1, 0.15) is 5.69 Å². The van der Waals surface area contributed by atoms with E-state index in [4.69, 9.17) is 0 Å². The molecule has 0 aliphatic carbocycles. The number of carbonyl (C=O) groups excluding carboxylic acids is 1. The first-order valence-electron chi connectivity index (χ1n) is 6.88. The van der Waals surface area contributed by atoms with Crippen LogP contribution in [0.4, 0.5) is 5.69 Å². The van der Waals surface area contributed by atoms with Gasteiger partial charge in [-0.25, -0.2) is 4.98 Å². The Bertz CT molecular complexity index is 418. The summed E-state index contributed by atoms with van der Waals surface area (Å²) in [4.78, 5) is 18.5. The molecule has 1 aromatic rings. The van der Waals surface area contributed by atoms with E-state index in [-0.39, 0.29) is 11.9 Å². The maximum absolute atomic E-state index is 12.1. The Morgan fingerprint density at radius 2 is 2.37 bits per heavy atom. The number of rotatable bonds is 4. The van der Waals surface area contributed by atoms with Crippen molar-refractivity contribution < 1.29 is 4.79 Å². The van der Waals surface area contributed by atoms with Crippen molar-refractivity contribution in [1.82, 2.24) is 15.2 Å². The molecule has 1 saturated heterocycles. The maximum Gasteiger partial charge on any atom is 0.270 e. The molecule has 0 aromatic carbocycles. The monoisotopic (exact) mass is 262 g/mol. The Hall–Kier alpha value is -1.62. The van der Waals surface area contributed by atoms with Gasteiger partial charge in [0.2, 0.25) is 0 Å². The summed E-state index contributed by atoms with van der Waals surface area (Å²) in [7, 11) is 2.09. The summed E-state index contributed by atoms with van der Waals surface area (Å²) in [6.45, 7) is 4.91. The fourth-order valence-electron chi connectivity index (χ4n) is 2.38. The zero-order valence-corrected chi connectivity index (χ0v) is 11.6.